The molecule has 4 heterocycles. The largest absolute Gasteiger partial charge is 0.464 e. The molecule has 0 aromatic carbocycles. The number of aromatic amines is 1. The summed E-state index contributed by atoms with van der Waals surface area (Å²) in [5, 5.41) is 9.37. The van der Waals surface area contributed by atoms with Crippen molar-refractivity contribution in [3.05, 3.63) is 47.0 Å². The summed E-state index contributed by atoms with van der Waals surface area (Å²) in [6.45, 7) is 5.05. The molecule has 120 valence electrons. The van der Waals surface area contributed by atoms with E-state index in [9.17, 15) is 0 Å². The highest BCUT2D eigenvalue weighted by atomic mass is 32.1. The molecular weight excluding hydrogens is 312 g/mol. The second-order valence-corrected chi connectivity index (χ2v) is 6.57. The van der Waals surface area contributed by atoms with Gasteiger partial charge in [0.1, 0.15) is 23.4 Å². The van der Waals surface area contributed by atoms with Gasteiger partial charge in [0.15, 0.2) is 5.82 Å². The molecule has 1 fully saturated rings. The van der Waals surface area contributed by atoms with Gasteiger partial charge in [0.2, 0.25) is 0 Å². The zero-order valence-corrected chi connectivity index (χ0v) is 13.7. The monoisotopic (exact) mass is 330 g/mol. The Morgan fingerprint density at radius 1 is 1.39 bits per heavy atom. The van der Waals surface area contributed by atoms with E-state index in [1.165, 1.54) is 0 Å². The summed E-state index contributed by atoms with van der Waals surface area (Å²) in [5.74, 6) is 3.45. The molecule has 0 spiro atoms. The highest BCUT2D eigenvalue weighted by Gasteiger charge is 2.25. The molecule has 23 heavy (non-hydrogen) atoms. The van der Waals surface area contributed by atoms with Crippen LogP contribution in [0.25, 0.3) is 10.7 Å². The van der Waals surface area contributed by atoms with Crippen LogP contribution in [0.4, 0.5) is 0 Å². The Morgan fingerprint density at radius 3 is 3.13 bits per heavy atom. The summed E-state index contributed by atoms with van der Waals surface area (Å²) in [4.78, 5) is 7.98. The number of nitrogens with one attached hydrogen (secondary N) is 1. The third-order valence-electron chi connectivity index (χ3n) is 3.88. The minimum Gasteiger partial charge on any atom is -0.464 e. The van der Waals surface area contributed by atoms with Crippen LogP contribution >= 0.6 is 11.3 Å². The molecule has 1 aliphatic heterocycles. The molecule has 6 nitrogen and oxygen atoms in total. The van der Waals surface area contributed by atoms with Gasteiger partial charge in [-0.1, -0.05) is 6.07 Å². The number of ether oxygens (including phenoxy) is 1. The third-order valence-corrected chi connectivity index (χ3v) is 4.74. The van der Waals surface area contributed by atoms with Crippen molar-refractivity contribution in [1.29, 1.82) is 0 Å². The number of aryl methyl sites for hydroxylation is 1. The summed E-state index contributed by atoms with van der Waals surface area (Å²) in [6, 6.07) is 8.00. The van der Waals surface area contributed by atoms with Gasteiger partial charge < -0.3 is 9.15 Å². The fourth-order valence-corrected chi connectivity index (χ4v) is 3.40. The molecule has 0 saturated carbocycles. The van der Waals surface area contributed by atoms with Crippen molar-refractivity contribution < 1.29 is 9.15 Å². The highest BCUT2D eigenvalue weighted by molar-refractivity contribution is 7.13. The molecule has 3 aromatic heterocycles. The van der Waals surface area contributed by atoms with E-state index < -0.39 is 0 Å². The van der Waals surface area contributed by atoms with Crippen molar-refractivity contribution in [2.24, 2.45) is 0 Å². The molecule has 0 radical (unpaired) electrons. The van der Waals surface area contributed by atoms with Gasteiger partial charge in [-0.3, -0.25) is 10.00 Å². The number of H-pyrrole nitrogens is 1. The molecule has 0 amide bonds. The first-order valence-corrected chi connectivity index (χ1v) is 8.51. The molecule has 0 bridgehead atoms. The van der Waals surface area contributed by atoms with Crippen LogP contribution in [0.1, 0.15) is 23.4 Å². The number of hydrogen-bond donors (Lipinski definition) is 1. The lowest BCUT2D eigenvalue weighted by atomic mass is 10.2. The zero-order chi connectivity index (χ0) is 15.6. The second kappa shape index (κ2) is 6.27. The van der Waals surface area contributed by atoms with Crippen molar-refractivity contribution in [3.8, 4) is 10.7 Å². The number of thiophene rings is 1. The van der Waals surface area contributed by atoms with Gasteiger partial charge in [-0.05, 0) is 30.5 Å². The van der Waals surface area contributed by atoms with E-state index in [1.54, 1.807) is 11.3 Å². The Labute approximate surface area is 138 Å². The predicted octanol–water partition coefficient (Wildman–Crippen LogP) is 3.01. The maximum atomic E-state index is 5.83. The smallest absolute Gasteiger partial charge is 0.191 e. The first kappa shape index (κ1) is 14.6. The van der Waals surface area contributed by atoms with Crippen molar-refractivity contribution in [2.75, 3.05) is 19.7 Å². The average molecular weight is 330 g/mol. The van der Waals surface area contributed by atoms with Gasteiger partial charge in [-0.2, -0.15) is 5.10 Å². The highest BCUT2D eigenvalue weighted by Crippen LogP contribution is 2.25. The number of aromatic nitrogens is 3. The Hall–Kier alpha value is -1.96. The van der Waals surface area contributed by atoms with Gasteiger partial charge in [0, 0.05) is 13.1 Å². The summed E-state index contributed by atoms with van der Waals surface area (Å²) in [5.41, 5.74) is 0. The zero-order valence-electron chi connectivity index (χ0n) is 12.9. The molecule has 1 unspecified atom stereocenters. The van der Waals surface area contributed by atoms with Crippen molar-refractivity contribution in [1.82, 2.24) is 20.1 Å². The first-order valence-electron chi connectivity index (χ1n) is 7.63. The van der Waals surface area contributed by atoms with Crippen molar-refractivity contribution in [3.63, 3.8) is 0 Å². The topological polar surface area (TPSA) is 67.2 Å². The molecular formula is C16H18N4O2S. The van der Waals surface area contributed by atoms with Gasteiger partial charge in [-0.15, -0.1) is 11.3 Å². The molecule has 1 N–H and O–H groups in total. The fraction of sp³-hybridized carbons (Fsp3) is 0.375. The number of furan rings is 1. The molecule has 0 aliphatic carbocycles. The summed E-state index contributed by atoms with van der Waals surface area (Å²) in [7, 11) is 0. The van der Waals surface area contributed by atoms with Gasteiger partial charge in [0.25, 0.3) is 0 Å². The van der Waals surface area contributed by atoms with Crippen LogP contribution in [0.3, 0.4) is 0 Å². The standard InChI is InChI=1S/C16H18N4O2S/c1-11-4-5-12(22-11)13-9-20(6-7-21-13)10-15-17-16(19-18-15)14-3-2-8-23-14/h2-5,8,13H,6-7,9-10H2,1H3,(H,17,18,19). The number of morpholine rings is 1. The summed E-state index contributed by atoms with van der Waals surface area (Å²) >= 11 is 1.64. The van der Waals surface area contributed by atoms with Crippen LogP contribution < -0.4 is 0 Å². The molecule has 4 rings (SSSR count). The summed E-state index contributed by atoms with van der Waals surface area (Å²) in [6.07, 6.45) is -0.0165. The first-order chi connectivity index (χ1) is 11.3. The number of hydrogen-bond acceptors (Lipinski definition) is 6. The molecule has 7 heteroatoms. The maximum absolute atomic E-state index is 5.83. The van der Waals surface area contributed by atoms with Gasteiger partial charge in [0.05, 0.1) is 18.0 Å². The SMILES string of the molecule is Cc1ccc(C2CN(Cc3nc(-c4cccs4)n[nH]3)CCO2)o1. The number of nitrogens with zero attached hydrogens (tertiary/aromatic N) is 3. The number of rotatable bonds is 4. The van der Waals surface area contributed by atoms with Crippen molar-refractivity contribution in [2.45, 2.75) is 19.6 Å². The van der Waals surface area contributed by atoms with E-state index in [1.807, 2.05) is 36.6 Å². The van der Waals surface area contributed by atoms with E-state index in [0.717, 1.165) is 47.7 Å². The van der Waals surface area contributed by atoms with Crippen LogP contribution in [0.15, 0.2) is 34.1 Å². The molecule has 1 saturated heterocycles. The lowest BCUT2D eigenvalue weighted by molar-refractivity contribution is -0.0437. The molecule has 3 aromatic rings. The normalized spacial score (nSPS) is 19.3. The van der Waals surface area contributed by atoms with E-state index in [2.05, 4.69) is 20.1 Å². The quantitative estimate of drug-likeness (QED) is 0.796. The van der Waals surface area contributed by atoms with E-state index in [4.69, 9.17) is 9.15 Å². The predicted molar refractivity (Wildman–Crippen MR) is 87.1 cm³/mol. The van der Waals surface area contributed by atoms with E-state index in [-0.39, 0.29) is 6.10 Å². The summed E-state index contributed by atoms with van der Waals surface area (Å²) < 4.78 is 11.5. The lowest BCUT2D eigenvalue weighted by Gasteiger charge is -2.31. The van der Waals surface area contributed by atoms with Crippen LogP contribution in [-0.4, -0.2) is 39.8 Å². The Bertz CT molecular complexity index is 765. The molecule has 1 atom stereocenters. The third kappa shape index (κ3) is 3.21. The van der Waals surface area contributed by atoms with Crippen LogP contribution in [0, 0.1) is 6.92 Å². The Morgan fingerprint density at radius 2 is 2.35 bits per heavy atom. The second-order valence-electron chi connectivity index (χ2n) is 5.63. The van der Waals surface area contributed by atoms with E-state index in [0.29, 0.717) is 6.61 Å². The molecule has 1 aliphatic rings. The Kier molecular flexibility index (Phi) is 3.99. The van der Waals surface area contributed by atoms with Crippen LogP contribution in [-0.2, 0) is 11.3 Å². The minimum atomic E-state index is -0.0165. The lowest BCUT2D eigenvalue weighted by Crippen LogP contribution is -2.37. The van der Waals surface area contributed by atoms with Crippen LogP contribution in [0.5, 0.6) is 0 Å². The van der Waals surface area contributed by atoms with Gasteiger partial charge >= 0.3 is 0 Å². The van der Waals surface area contributed by atoms with E-state index >= 15 is 0 Å². The fourth-order valence-electron chi connectivity index (χ4n) is 2.74. The van der Waals surface area contributed by atoms with Crippen LogP contribution in [0.2, 0.25) is 0 Å². The average Bonchev–Trinajstić information content (AvgIpc) is 3.28. The Balaban J connectivity index is 1.42. The maximum Gasteiger partial charge on any atom is 0.191 e. The van der Waals surface area contributed by atoms with Gasteiger partial charge in [-0.25, -0.2) is 4.98 Å². The van der Waals surface area contributed by atoms with Crippen molar-refractivity contribution >= 4 is 11.3 Å². The minimum absolute atomic E-state index is 0.0165.